The molecule has 1 aliphatic heterocycles. The first-order valence-electron chi connectivity index (χ1n) is 7.41. The summed E-state index contributed by atoms with van der Waals surface area (Å²) in [4.78, 5) is 2.37. The van der Waals surface area contributed by atoms with E-state index in [9.17, 15) is 0 Å². The molecule has 1 fully saturated rings. The minimum atomic E-state index is 0.101. The van der Waals surface area contributed by atoms with E-state index in [0.717, 1.165) is 30.2 Å². The van der Waals surface area contributed by atoms with Crippen molar-refractivity contribution in [2.24, 2.45) is 5.73 Å². The Morgan fingerprint density at radius 1 is 1.24 bits per heavy atom. The Morgan fingerprint density at radius 2 is 1.90 bits per heavy atom. The Bertz CT molecular complexity index is 457. The summed E-state index contributed by atoms with van der Waals surface area (Å²) in [5.74, 6) is 1.50. The van der Waals surface area contributed by atoms with Gasteiger partial charge in [0.25, 0.3) is 0 Å². The Hall–Kier alpha value is -1.30. The number of para-hydroxylation sites is 1. The molecule has 21 heavy (non-hydrogen) atoms. The topological polar surface area (TPSA) is 57.0 Å². The summed E-state index contributed by atoms with van der Waals surface area (Å²) in [5.41, 5.74) is 7.13. The quantitative estimate of drug-likeness (QED) is 0.897. The Labute approximate surface area is 127 Å². The fourth-order valence-corrected chi connectivity index (χ4v) is 3.12. The summed E-state index contributed by atoms with van der Waals surface area (Å²) in [7, 11) is 3.32. The smallest absolute Gasteiger partial charge is 0.165 e. The molecular weight excluding hydrogens is 268 g/mol. The number of rotatable bonds is 5. The van der Waals surface area contributed by atoms with Crippen LogP contribution in [0.5, 0.6) is 11.5 Å². The minimum absolute atomic E-state index is 0.101. The summed E-state index contributed by atoms with van der Waals surface area (Å²) in [6.45, 7) is 6.46. The molecule has 0 radical (unpaired) electrons. The predicted molar refractivity (Wildman–Crippen MR) is 82.9 cm³/mol. The number of hydrogen-bond acceptors (Lipinski definition) is 5. The molecule has 5 nitrogen and oxygen atoms in total. The molecule has 0 unspecified atom stereocenters. The van der Waals surface area contributed by atoms with Crippen LogP contribution < -0.4 is 15.2 Å². The molecular formula is C16H26N2O3. The molecule has 0 spiro atoms. The van der Waals surface area contributed by atoms with Crippen molar-refractivity contribution in [1.82, 2.24) is 4.90 Å². The molecule has 0 bridgehead atoms. The highest BCUT2D eigenvalue weighted by Gasteiger charge is 2.30. The maximum absolute atomic E-state index is 6.06. The van der Waals surface area contributed by atoms with Gasteiger partial charge in [-0.15, -0.1) is 0 Å². The van der Waals surface area contributed by atoms with Crippen molar-refractivity contribution in [2.75, 3.05) is 33.9 Å². The molecule has 5 heteroatoms. The number of nitrogens with two attached hydrogens (primary N) is 1. The summed E-state index contributed by atoms with van der Waals surface area (Å²) in [5, 5.41) is 0. The lowest BCUT2D eigenvalue weighted by atomic mass is 10.0. The number of nitrogens with zero attached hydrogens (tertiary/aromatic N) is 1. The van der Waals surface area contributed by atoms with E-state index >= 15 is 0 Å². The van der Waals surface area contributed by atoms with Gasteiger partial charge < -0.3 is 19.9 Å². The largest absolute Gasteiger partial charge is 0.493 e. The summed E-state index contributed by atoms with van der Waals surface area (Å²) >= 11 is 0. The molecule has 1 saturated heterocycles. The van der Waals surface area contributed by atoms with Gasteiger partial charge in [0, 0.05) is 25.2 Å². The number of hydrogen-bond donors (Lipinski definition) is 1. The van der Waals surface area contributed by atoms with Crippen LogP contribution in [-0.4, -0.2) is 51.0 Å². The lowest BCUT2D eigenvalue weighted by Crippen LogP contribution is -2.48. The van der Waals surface area contributed by atoms with Crippen molar-refractivity contribution < 1.29 is 14.2 Å². The highest BCUT2D eigenvalue weighted by molar-refractivity contribution is 5.48. The third kappa shape index (κ3) is 3.48. The van der Waals surface area contributed by atoms with Gasteiger partial charge in [-0.2, -0.15) is 0 Å². The maximum atomic E-state index is 6.06. The molecule has 2 rings (SSSR count). The van der Waals surface area contributed by atoms with Gasteiger partial charge in [-0.25, -0.2) is 0 Å². The lowest BCUT2D eigenvalue weighted by molar-refractivity contribution is -0.0801. The third-order valence-electron chi connectivity index (χ3n) is 3.90. The van der Waals surface area contributed by atoms with E-state index in [-0.39, 0.29) is 18.2 Å². The molecule has 0 amide bonds. The summed E-state index contributed by atoms with van der Waals surface area (Å²) in [6, 6.07) is 6.04. The molecule has 1 heterocycles. The standard InChI is InChI=1S/C16H26N2O3/c1-11-9-18(10-12(2)21-11)14(8-17)13-6-5-7-15(19-3)16(13)20-4/h5-7,11-12,14H,8-10,17H2,1-4H3/t11-,12+,14-/m0/s1. The van der Waals surface area contributed by atoms with Crippen LogP contribution in [0.25, 0.3) is 0 Å². The summed E-state index contributed by atoms with van der Waals surface area (Å²) in [6.07, 6.45) is 0.416. The molecule has 3 atom stereocenters. The first-order valence-corrected chi connectivity index (χ1v) is 7.41. The van der Waals surface area contributed by atoms with Crippen molar-refractivity contribution in [2.45, 2.75) is 32.1 Å². The number of morpholine rings is 1. The van der Waals surface area contributed by atoms with Crippen LogP contribution >= 0.6 is 0 Å². The average molecular weight is 294 g/mol. The normalized spacial score (nSPS) is 24.6. The molecule has 0 aliphatic carbocycles. The number of methoxy groups -OCH3 is 2. The van der Waals surface area contributed by atoms with E-state index in [1.165, 1.54) is 0 Å². The Kier molecular flexibility index (Phi) is 5.45. The fourth-order valence-electron chi connectivity index (χ4n) is 3.12. The SMILES string of the molecule is COc1cccc([C@H](CN)N2C[C@@H](C)O[C@@H](C)C2)c1OC. The van der Waals surface area contributed by atoms with Crippen LogP contribution in [0, 0.1) is 0 Å². The highest BCUT2D eigenvalue weighted by Crippen LogP contribution is 2.37. The van der Waals surface area contributed by atoms with E-state index in [4.69, 9.17) is 19.9 Å². The van der Waals surface area contributed by atoms with Crippen molar-refractivity contribution in [1.29, 1.82) is 0 Å². The van der Waals surface area contributed by atoms with E-state index < -0.39 is 0 Å². The second-order valence-corrected chi connectivity index (χ2v) is 5.55. The highest BCUT2D eigenvalue weighted by atomic mass is 16.5. The van der Waals surface area contributed by atoms with Crippen LogP contribution in [0.2, 0.25) is 0 Å². The monoisotopic (exact) mass is 294 g/mol. The van der Waals surface area contributed by atoms with Crippen molar-refractivity contribution in [3.63, 3.8) is 0 Å². The number of ether oxygens (including phenoxy) is 3. The second kappa shape index (κ2) is 7.11. The van der Waals surface area contributed by atoms with E-state index in [1.54, 1.807) is 14.2 Å². The van der Waals surface area contributed by atoms with E-state index in [0.29, 0.717) is 6.54 Å². The fraction of sp³-hybridized carbons (Fsp3) is 0.625. The van der Waals surface area contributed by atoms with Crippen LogP contribution in [0.3, 0.4) is 0 Å². The van der Waals surface area contributed by atoms with E-state index in [2.05, 4.69) is 24.8 Å². The minimum Gasteiger partial charge on any atom is -0.493 e. The van der Waals surface area contributed by atoms with Crippen molar-refractivity contribution in [3.05, 3.63) is 23.8 Å². The summed E-state index contributed by atoms with van der Waals surface area (Å²) < 4.78 is 16.8. The van der Waals surface area contributed by atoms with Gasteiger partial charge in [-0.05, 0) is 19.9 Å². The Morgan fingerprint density at radius 3 is 2.43 bits per heavy atom. The zero-order valence-electron chi connectivity index (χ0n) is 13.3. The van der Waals surface area contributed by atoms with Crippen LogP contribution in [0.4, 0.5) is 0 Å². The molecule has 1 aromatic carbocycles. The van der Waals surface area contributed by atoms with Gasteiger partial charge in [-0.3, -0.25) is 4.90 Å². The lowest BCUT2D eigenvalue weighted by Gasteiger charge is -2.40. The predicted octanol–water partition coefficient (Wildman–Crippen LogP) is 1.81. The molecule has 0 aromatic heterocycles. The van der Waals surface area contributed by atoms with Gasteiger partial charge >= 0.3 is 0 Å². The van der Waals surface area contributed by atoms with Gasteiger partial charge in [0.05, 0.1) is 32.5 Å². The van der Waals surface area contributed by atoms with Gasteiger partial charge in [-0.1, -0.05) is 12.1 Å². The zero-order chi connectivity index (χ0) is 15.4. The average Bonchev–Trinajstić information content (AvgIpc) is 2.46. The van der Waals surface area contributed by atoms with Crippen LogP contribution in [0.1, 0.15) is 25.5 Å². The maximum Gasteiger partial charge on any atom is 0.165 e. The molecule has 118 valence electrons. The van der Waals surface area contributed by atoms with Crippen molar-refractivity contribution in [3.8, 4) is 11.5 Å². The van der Waals surface area contributed by atoms with Crippen LogP contribution in [-0.2, 0) is 4.74 Å². The molecule has 1 aromatic rings. The molecule has 0 saturated carbocycles. The first kappa shape index (κ1) is 16.1. The van der Waals surface area contributed by atoms with Crippen molar-refractivity contribution >= 4 is 0 Å². The Balaban J connectivity index is 2.32. The van der Waals surface area contributed by atoms with Gasteiger partial charge in [0.1, 0.15) is 0 Å². The van der Waals surface area contributed by atoms with Gasteiger partial charge in [0.2, 0.25) is 0 Å². The second-order valence-electron chi connectivity index (χ2n) is 5.55. The first-order chi connectivity index (χ1) is 10.1. The number of benzene rings is 1. The third-order valence-corrected chi connectivity index (χ3v) is 3.90. The van der Waals surface area contributed by atoms with Gasteiger partial charge in [0.15, 0.2) is 11.5 Å². The molecule has 2 N–H and O–H groups in total. The zero-order valence-corrected chi connectivity index (χ0v) is 13.3. The van der Waals surface area contributed by atoms with Crippen LogP contribution in [0.15, 0.2) is 18.2 Å². The molecule has 1 aliphatic rings. The van der Waals surface area contributed by atoms with E-state index in [1.807, 2.05) is 12.1 Å².